The van der Waals surface area contributed by atoms with E-state index < -0.39 is 24.0 Å². The van der Waals surface area contributed by atoms with Crippen molar-refractivity contribution in [3.63, 3.8) is 0 Å². The number of hydrogen-bond donors (Lipinski definition) is 4. The summed E-state index contributed by atoms with van der Waals surface area (Å²) in [5, 5.41) is 12.5. The standard InChI is InChI=1S/C28H28N4O3/c29-17-27(34)31-25(16-23-10-5-9-21-7-3-4-11-24(21)23)28(35)32-26(30-18-33)15-19-12-13-20-6-1-2-8-22(20)14-19/h1-14,18,25-26H,15-17,29H2,(H,30,33)(H,31,34)(H,32,35)/t25?,26-/m1/s1. The molecular formula is C28H28N4O3. The molecule has 35 heavy (non-hydrogen) atoms. The van der Waals surface area contributed by atoms with Gasteiger partial charge in [-0.25, -0.2) is 0 Å². The third kappa shape index (κ3) is 6.02. The molecular weight excluding hydrogens is 440 g/mol. The minimum atomic E-state index is -0.857. The number of nitrogens with one attached hydrogen (secondary N) is 3. The van der Waals surface area contributed by atoms with Crippen molar-refractivity contribution in [2.24, 2.45) is 5.73 Å². The van der Waals surface area contributed by atoms with Crippen molar-refractivity contribution in [3.05, 3.63) is 96.1 Å². The molecule has 7 heteroatoms. The molecule has 5 N–H and O–H groups in total. The third-order valence-corrected chi connectivity index (χ3v) is 5.98. The molecule has 0 aliphatic heterocycles. The van der Waals surface area contributed by atoms with E-state index in [9.17, 15) is 14.4 Å². The van der Waals surface area contributed by atoms with Crippen LogP contribution in [0.3, 0.4) is 0 Å². The van der Waals surface area contributed by atoms with Crippen LogP contribution in [-0.2, 0) is 27.2 Å². The van der Waals surface area contributed by atoms with Crippen LogP contribution in [0, 0.1) is 0 Å². The quantitative estimate of drug-likeness (QED) is 0.211. The van der Waals surface area contributed by atoms with E-state index in [0.29, 0.717) is 12.8 Å². The van der Waals surface area contributed by atoms with Crippen molar-refractivity contribution in [2.45, 2.75) is 25.0 Å². The van der Waals surface area contributed by atoms with Gasteiger partial charge in [-0.05, 0) is 32.7 Å². The van der Waals surface area contributed by atoms with E-state index in [2.05, 4.69) is 16.0 Å². The maximum absolute atomic E-state index is 13.3. The van der Waals surface area contributed by atoms with E-state index in [1.807, 2.05) is 84.9 Å². The van der Waals surface area contributed by atoms with E-state index >= 15 is 0 Å². The van der Waals surface area contributed by atoms with E-state index in [0.717, 1.165) is 32.7 Å². The Morgan fingerprint density at radius 1 is 0.800 bits per heavy atom. The van der Waals surface area contributed by atoms with Crippen LogP contribution in [0.5, 0.6) is 0 Å². The van der Waals surface area contributed by atoms with Gasteiger partial charge in [0.1, 0.15) is 12.2 Å². The van der Waals surface area contributed by atoms with E-state index in [4.69, 9.17) is 5.73 Å². The number of hydrogen-bond acceptors (Lipinski definition) is 4. The summed E-state index contributed by atoms with van der Waals surface area (Å²) in [4.78, 5) is 36.7. The number of fused-ring (bicyclic) bond motifs is 2. The SMILES string of the molecule is NCC(=O)NC(Cc1cccc2ccccc12)C(=O)N[C@H](Cc1ccc2ccccc2c1)NC=O. The van der Waals surface area contributed by atoms with E-state index in [1.165, 1.54) is 0 Å². The first-order valence-corrected chi connectivity index (χ1v) is 11.5. The van der Waals surface area contributed by atoms with Crippen molar-refractivity contribution in [2.75, 3.05) is 6.54 Å². The Hall–Kier alpha value is -4.23. The number of carbonyl (C=O) groups is 3. The summed E-state index contributed by atoms with van der Waals surface area (Å²) in [7, 11) is 0. The zero-order chi connectivity index (χ0) is 24.6. The zero-order valence-electron chi connectivity index (χ0n) is 19.2. The van der Waals surface area contributed by atoms with Crippen LogP contribution < -0.4 is 21.7 Å². The molecule has 0 aliphatic rings. The molecule has 0 aliphatic carbocycles. The van der Waals surface area contributed by atoms with Crippen molar-refractivity contribution in [1.29, 1.82) is 0 Å². The minimum Gasteiger partial charge on any atom is -0.343 e. The summed E-state index contributed by atoms with van der Waals surface area (Å²) in [6.45, 7) is -0.230. The van der Waals surface area contributed by atoms with Crippen molar-refractivity contribution in [1.82, 2.24) is 16.0 Å². The van der Waals surface area contributed by atoms with Crippen molar-refractivity contribution < 1.29 is 14.4 Å². The largest absolute Gasteiger partial charge is 0.343 e. The lowest BCUT2D eigenvalue weighted by atomic mass is 9.98. The van der Waals surface area contributed by atoms with Gasteiger partial charge in [-0.15, -0.1) is 0 Å². The molecule has 0 saturated carbocycles. The molecule has 1 unspecified atom stereocenters. The summed E-state index contributed by atoms with van der Waals surface area (Å²) < 4.78 is 0. The average molecular weight is 469 g/mol. The number of nitrogens with two attached hydrogens (primary N) is 1. The predicted molar refractivity (Wildman–Crippen MR) is 137 cm³/mol. The molecule has 0 fully saturated rings. The number of benzene rings is 4. The second kappa shape index (κ2) is 11.3. The first-order chi connectivity index (χ1) is 17.1. The minimum absolute atomic E-state index is 0.230. The van der Waals surface area contributed by atoms with Crippen LogP contribution >= 0.6 is 0 Å². The van der Waals surface area contributed by atoms with Crippen LogP contribution in [0.4, 0.5) is 0 Å². The highest BCUT2D eigenvalue weighted by atomic mass is 16.2. The Balaban J connectivity index is 1.54. The Kier molecular flexibility index (Phi) is 7.70. The molecule has 178 valence electrons. The molecule has 3 amide bonds. The monoisotopic (exact) mass is 468 g/mol. The van der Waals surface area contributed by atoms with Gasteiger partial charge in [0.2, 0.25) is 18.2 Å². The fourth-order valence-corrected chi connectivity index (χ4v) is 4.26. The van der Waals surface area contributed by atoms with Crippen LogP contribution in [-0.4, -0.2) is 37.0 Å². The molecule has 0 aromatic heterocycles. The Bertz CT molecular complexity index is 1350. The smallest absolute Gasteiger partial charge is 0.244 e. The molecule has 0 radical (unpaired) electrons. The number of carbonyl (C=O) groups excluding carboxylic acids is 3. The summed E-state index contributed by atoms with van der Waals surface area (Å²) in [6, 6.07) is 26.9. The summed E-state index contributed by atoms with van der Waals surface area (Å²) in [5.41, 5.74) is 7.38. The molecule has 4 aromatic rings. The summed E-state index contributed by atoms with van der Waals surface area (Å²) in [6.07, 6.45) is 0.583. The fraction of sp³-hybridized carbons (Fsp3) is 0.179. The van der Waals surface area contributed by atoms with Gasteiger partial charge in [0.15, 0.2) is 0 Å². The highest BCUT2D eigenvalue weighted by Gasteiger charge is 2.24. The molecule has 7 nitrogen and oxygen atoms in total. The van der Waals surface area contributed by atoms with Gasteiger partial charge >= 0.3 is 0 Å². The third-order valence-electron chi connectivity index (χ3n) is 5.98. The van der Waals surface area contributed by atoms with Gasteiger partial charge in [-0.1, -0.05) is 84.9 Å². The zero-order valence-corrected chi connectivity index (χ0v) is 19.2. The van der Waals surface area contributed by atoms with Crippen molar-refractivity contribution >= 4 is 39.8 Å². The van der Waals surface area contributed by atoms with E-state index in [-0.39, 0.29) is 13.0 Å². The normalized spacial score (nSPS) is 12.6. The Labute approximate surface area is 203 Å². The lowest BCUT2D eigenvalue weighted by Gasteiger charge is -2.24. The maximum Gasteiger partial charge on any atom is 0.244 e. The summed E-state index contributed by atoms with van der Waals surface area (Å²) >= 11 is 0. The predicted octanol–water partition coefficient (Wildman–Crippen LogP) is 2.41. The van der Waals surface area contributed by atoms with E-state index in [1.54, 1.807) is 0 Å². The fourth-order valence-electron chi connectivity index (χ4n) is 4.26. The van der Waals surface area contributed by atoms with Gasteiger partial charge in [0, 0.05) is 12.8 Å². The Morgan fingerprint density at radius 2 is 1.51 bits per heavy atom. The molecule has 4 aromatic carbocycles. The second-order valence-electron chi connectivity index (χ2n) is 8.40. The first kappa shape index (κ1) is 23.9. The molecule has 0 heterocycles. The van der Waals surface area contributed by atoms with Crippen LogP contribution in [0.1, 0.15) is 11.1 Å². The van der Waals surface area contributed by atoms with Gasteiger partial charge in [-0.2, -0.15) is 0 Å². The maximum atomic E-state index is 13.3. The van der Waals surface area contributed by atoms with Gasteiger partial charge in [-0.3, -0.25) is 14.4 Å². The highest BCUT2D eigenvalue weighted by Crippen LogP contribution is 2.20. The molecule has 0 saturated heterocycles. The molecule has 2 atom stereocenters. The molecule has 4 rings (SSSR count). The summed E-state index contributed by atoms with van der Waals surface area (Å²) in [5.74, 6) is -0.834. The lowest BCUT2D eigenvalue weighted by molar-refractivity contribution is -0.129. The van der Waals surface area contributed by atoms with Crippen molar-refractivity contribution in [3.8, 4) is 0 Å². The van der Waals surface area contributed by atoms with Gasteiger partial charge < -0.3 is 21.7 Å². The molecule has 0 spiro atoms. The topological polar surface area (TPSA) is 113 Å². The van der Waals surface area contributed by atoms with Crippen LogP contribution in [0.25, 0.3) is 21.5 Å². The average Bonchev–Trinajstić information content (AvgIpc) is 2.88. The first-order valence-electron chi connectivity index (χ1n) is 11.5. The van der Waals surface area contributed by atoms with Crippen LogP contribution in [0.15, 0.2) is 84.9 Å². The highest BCUT2D eigenvalue weighted by molar-refractivity contribution is 5.91. The van der Waals surface area contributed by atoms with Crippen LogP contribution in [0.2, 0.25) is 0 Å². The second-order valence-corrected chi connectivity index (χ2v) is 8.40. The Morgan fingerprint density at radius 3 is 2.29 bits per heavy atom. The molecule has 0 bridgehead atoms. The number of rotatable bonds is 10. The van der Waals surface area contributed by atoms with Gasteiger partial charge in [0.05, 0.1) is 6.54 Å². The lowest BCUT2D eigenvalue weighted by Crippen LogP contribution is -2.55. The van der Waals surface area contributed by atoms with Gasteiger partial charge in [0.25, 0.3) is 0 Å². The number of amides is 3.